The highest BCUT2D eigenvalue weighted by atomic mass is 35.5. The number of nitrogens with zero attached hydrogens (tertiary/aromatic N) is 2. The SMILES string of the molecule is CCC(C)NC(=O)C(C)N(Cc1ccc(Cl)cc1Cl)C(=O)CCCN(c1ccc(C)c(C)c1)S(C)(=O)=O. The molecule has 2 aromatic rings. The first-order valence-corrected chi connectivity index (χ1v) is 14.9. The number of sulfonamides is 1. The zero-order chi connectivity index (χ0) is 27.9. The number of anilines is 1. The van der Waals surface area contributed by atoms with E-state index in [-0.39, 0.29) is 43.8 Å². The average Bonchev–Trinajstić information content (AvgIpc) is 2.81. The van der Waals surface area contributed by atoms with E-state index in [0.717, 1.165) is 23.8 Å². The second-order valence-corrected chi connectivity index (χ2v) is 12.2. The fraction of sp³-hybridized carbons (Fsp3) is 0.481. The molecule has 37 heavy (non-hydrogen) atoms. The van der Waals surface area contributed by atoms with Gasteiger partial charge in [-0.05, 0) is 81.5 Å². The van der Waals surface area contributed by atoms with Crippen molar-refractivity contribution in [3.05, 3.63) is 63.1 Å². The van der Waals surface area contributed by atoms with E-state index in [1.54, 1.807) is 31.2 Å². The summed E-state index contributed by atoms with van der Waals surface area (Å²) in [5.41, 5.74) is 3.27. The molecule has 2 atom stereocenters. The van der Waals surface area contributed by atoms with Crippen molar-refractivity contribution in [1.29, 1.82) is 0 Å². The molecule has 2 rings (SSSR count). The van der Waals surface area contributed by atoms with Gasteiger partial charge in [0.25, 0.3) is 0 Å². The van der Waals surface area contributed by atoms with Crippen LogP contribution in [0.5, 0.6) is 0 Å². The molecule has 0 spiro atoms. The van der Waals surface area contributed by atoms with Gasteiger partial charge in [-0.25, -0.2) is 8.42 Å². The van der Waals surface area contributed by atoms with Gasteiger partial charge in [-0.2, -0.15) is 0 Å². The van der Waals surface area contributed by atoms with Gasteiger partial charge in [0.15, 0.2) is 0 Å². The van der Waals surface area contributed by atoms with Crippen LogP contribution in [0.3, 0.4) is 0 Å². The Morgan fingerprint density at radius 2 is 1.70 bits per heavy atom. The number of hydrogen-bond donors (Lipinski definition) is 1. The third kappa shape index (κ3) is 8.90. The van der Waals surface area contributed by atoms with Gasteiger partial charge in [0.1, 0.15) is 6.04 Å². The molecule has 0 aliphatic heterocycles. The van der Waals surface area contributed by atoms with Crippen molar-refractivity contribution in [2.45, 2.75) is 72.5 Å². The van der Waals surface area contributed by atoms with Crippen LogP contribution < -0.4 is 9.62 Å². The van der Waals surface area contributed by atoms with E-state index in [0.29, 0.717) is 21.3 Å². The zero-order valence-corrected chi connectivity index (χ0v) is 24.7. The molecule has 0 radical (unpaired) electrons. The van der Waals surface area contributed by atoms with Crippen LogP contribution in [0.25, 0.3) is 0 Å². The Morgan fingerprint density at radius 1 is 1.03 bits per heavy atom. The lowest BCUT2D eigenvalue weighted by molar-refractivity contribution is -0.140. The van der Waals surface area contributed by atoms with Crippen LogP contribution in [-0.2, 0) is 26.2 Å². The topological polar surface area (TPSA) is 86.8 Å². The van der Waals surface area contributed by atoms with Gasteiger partial charge in [-0.1, -0.05) is 42.3 Å². The molecule has 204 valence electrons. The van der Waals surface area contributed by atoms with Gasteiger partial charge in [0.05, 0.1) is 11.9 Å². The number of halogens is 2. The molecule has 2 unspecified atom stereocenters. The van der Waals surface area contributed by atoms with Crippen molar-refractivity contribution >= 4 is 50.7 Å². The number of hydrogen-bond acceptors (Lipinski definition) is 4. The molecule has 1 N–H and O–H groups in total. The summed E-state index contributed by atoms with van der Waals surface area (Å²) in [6, 6.07) is 9.70. The Balaban J connectivity index is 2.23. The van der Waals surface area contributed by atoms with Crippen LogP contribution in [0, 0.1) is 13.8 Å². The van der Waals surface area contributed by atoms with Crippen molar-refractivity contribution in [1.82, 2.24) is 10.2 Å². The van der Waals surface area contributed by atoms with Crippen molar-refractivity contribution in [2.24, 2.45) is 0 Å². The Hall–Kier alpha value is -2.29. The Bertz CT molecular complexity index is 1220. The maximum Gasteiger partial charge on any atom is 0.242 e. The van der Waals surface area contributed by atoms with E-state index in [2.05, 4.69) is 5.32 Å². The van der Waals surface area contributed by atoms with E-state index in [1.165, 1.54) is 9.21 Å². The summed E-state index contributed by atoms with van der Waals surface area (Å²) in [6.07, 6.45) is 2.25. The monoisotopic (exact) mass is 569 g/mol. The summed E-state index contributed by atoms with van der Waals surface area (Å²) in [7, 11) is -3.56. The molecule has 2 aromatic carbocycles. The summed E-state index contributed by atoms with van der Waals surface area (Å²) >= 11 is 12.4. The van der Waals surface area contributed by atoms with Crippen molar-refractivity contribution < 1.29 is 18.0 Å². The number of aryl methyl sites for hydroxylation is 2. The lowest BCUT2D eigenvalue weighted by atomic mass is 10.1. The summed E-state index contributed by atoms with van der Waals surface area (Å²) in [4.78, 5) is 27.8. The summed E-state index contributed by atoms with van der Waals surface area (Å²) in [5.74, 6) is -0.535. The number of nitrogens with one attached hydrogen (secondary N) is 1. The van der Waals surface area contributed by atoms with Crippen LogP contribution in [-0.4, -0.2) is 50.0 Å². The number of rotatable bonds is 12. The highest BCUT2D eigenvalue weighted by Crippen LogP contribution is 2.25. The standard InChI is InChI=1S/C27H37Cl2N3O4S/c1-7-20(4)30-27(34)21(5)31(17-22-11-12-23(28)16-25(22)29)26(33)9-8-14-32(37(6,35)36)24-13-10-18(2)19(3)15-24/h10-13,15-16,20-21H,7-9,14,17H2,1-6H3,(H,30,34). The maximum absolute atomic E-state index is 13.4. The molecule has 10 heteroatoms. The average molecular weight is 571 g/mol. The first-order chi connectivity index (χ1) is 17.2. The quantitative estimate of drug-likeness (QED) is 0.366. The highest BCUT2D eigenvalue weighted by Gasteiger charge is 2.28. The summed E-state index contributed by atoms with van der Waals surface area (Å²) in [6.45, 7) is 9.69. The third-order valence-corrected chi connectivity index (χ3v) is 8.24. The molecule has 0 aromatic heterocycles. The minimum absolute atomic E-state index is 0.0349. The fourth-order valence-electron chi connectivity index (χ4n) is 3.77. The Morgan fingerprint density at radius 3 is 2.27 bits per heavy atom. The number of carbonyl (C=O) groups is 2. The zero-order valence-electron chi connectivity index (χ0n) is 22.3. The lowest BCUT2D eigenvalue weighted by Crippen LogP contribution is -2.49. The number of benzene rings is 2. The predicted octanol–water partition coefficient (Wildman–Crippen LogP) is 5.49. The van der Waals surface area contributed by atoms with Gasteiger partial charge in [-0.3, -0.25) is 13.9 Å². The molecule has 0 fully saturated rings. The molecule has 0 saturated heterocycles. The van der Waals surface area contributed by atoms with Crippen LogP contribution in [0.2, 0.25) is 10.0 Å². The predicted molar refractivity (Wildman–Crippen MR) is 152 cm³/mol. The molecular weight excluding hydrogens is 533 g/mol. The minimum atomic E-state index is -3.56. The third-order valence-electron chi connectivity index (χ3n) is 6.45. The second-order valence-electron chi connectivity index (χ2n) is 9.46. The molecule has 0 aliphatic rings. The van der Waals surface area contributed by atoms with E-state index >= 15 is 0 Å². The van der Waals surface area contributed by atoms with E-state index in [1.807, 2.05) is 39.8 Å². The van der Waals surface area contributed by atoms with Gasteiger partial charge in [0, 0.05) is 35.6 Å². The van der Waals surface area contributed by atoms with Gasteiger partial charge in [0.2, 0.25) is 21.8 Å². The van der Waals surface area contributed by atoms with Crippen molar-refractivity contribution in [3.8, 4) is 0 Å². The van der Waals surface area contributed by atoms with Crippen LogP contribution >= 0.6 is 23.2 Å². The fourth-order valence-corrected chi connectivity index (χ4v) is 5.19. The second kappa shape index (κ2) is 13.5. The van der Waals surface area contributed by atoms with Crippen molar-refractivity contribution in [2.75, 3.05) is 17.1 Å². The van der Waals surface area contributed by atoms with E-state index in [9.17, 15) is 18.0 Å². The smallest absolute Gasteiger partial charge is 0.242 e. The Kier molecular flexibility index (Phi) is 11.3. The number of carbonyl (C=O) groups excluding carboxylic acids is 2. The number of amides is 2. The van der Waals surface area contributed by atoms with Crippen LogP contribution in [0.15, 0.2) is 36.4 Å². The normalized spacial score (nSPS) is 13.1. The van der Waals surface area contributed by atoms with Gasteiger partial charge >= 0.3 is 0 Å². The first-order valence-electron chi connectivity index (χ1n) is 12.3. The van der Waals surface area contributed by atoms with Gasteiger partial charge < -0.3 is 10.2 Å². The van der Waals surface area contributed by atoms with E-state index < -0.39 is 16.1 Å². The minimum Gasteiger partial charge on any atom is -0.352 e. The largest absolute Gasteiger partial charge is 0.352 e. The summed E-state index contributed by atoms with van der Waals surface area (Å²) < 4.78 is 26.4. The molecule has 0 saturated carbocycles. The van der Waals surface area contributed by atoms with Crippen LogP contribution in [0.4, 0.5) is 5.69 Å². The van der Waals surface area contributed by atoms with Crippen molar-refractivity contribution in [3.63, 3.8) is 0 Å². The lowest BCUT2D eigenvalue weighted by Gasteiger charge is -2.30. The molecule has 2 amide bonds. The van der Waals surface area contributed by atoms with Crippen LogP contribution in [0.1, 0.15) is 56.7 Å². The highest BCUT2D eigenvalue weighted by molar-refractivity contribution is 7.92. The molecule has 0 aliphatic carbocycles. The molecule has 0 heterocycles. The molecular formula is C27H37Cl2N3O4S. The summed E-state index contributed by atoms with van der Waals surface area (Å²) in [5, 5.41) is 3.80. The molecule has 7 nitrogen and oxygen atoms in total. The van der Waals surface area contributed by atoms with Gasteiger partial charge in [-0.15, -0.1) is 0 Å². The molecule has 0 bridgehead atoms. The van der Waals surface area contributed by atoms with E-state index in [4.69, 9.17) is 23.2 Å². The first kappa shape index (κ1) is 30.9. The Labute approximate surface area is 231 Å². The maximum atomic E-state index is 13.4.